The lowest BCUT2D eigenvalue weighted by Gasteiger charge is -2.21. The number of para-hydroxylation sites is 1. The highest BCUT2D eigenvalue weighted by molar-refractivity contribution is 6.32. The smallest absolute Gasteiger partial charge is 0.253 e. The number of carbonyl (C=O) groups excluding carboxylic acids is 1. The molecule has 0 saturated carbocycles. The van der Waals surface area contributed by atoms with E-state index in [2.05, 4.69) is 0 Å². The Morgan fingerprint density at radius 2 is 1.77 bits per heavy atom. The van der Waals surface area contributed by atoms with Crippen molar-refractivity contribution < 1.29 is 14.3 Å². The molecule has 2 aromatic rings. The number of hydrogen-bond acceptors (Lipinski definition) is 3. The number of methoxy groups -OCH3 is 1. The number of nitrogens with zero attached hydrogens (tertiary/aromatic N) is 1. The molecule has 26 heavy (non-hydrogen) atoms. The number of rotatable bonds is 5. The van der Waals surface area contributed by atoms with E-state index in [1.54, 1.807) is 13.2 Å². The first-order valence-corrected chi connectivity index (χ1v) is 9.40. The van der Waals surface area contributed by atoms with E-state index in [4.69, 9.17) is 21.1 Å². The van der Waals surface area contributed by atoms with Crippen molar-refractivity contribution in [1.29, 1.82) is 0 Å². The highest BCUT2D eigenvalue weighted by atomic mass is 35.5. The van der Waals surface area contributed by atoms with Crippen molar-refractivity contribution in [3.05, 3.63) is 58.6 Å². The van der Waals surface area contributed by atoms with Crippen molar-refractivity contribution >= 4 is 17.5 Å². The standard InChI is InChI=1S/C21H24ClNO3/c1-25-19-11-10-16(21(24)23-12-6-2-3-7-13-23)14-17(19)15-26-20-9-5-4-8-18(20)22/h4-5,8-11,14H,2-3,6-7,12-13,15H2,1H3. The van der Waals surface area contributed by atoms with Gasteiger partial charge in [0.25, 0.3) is 5.91 Å². The molecule has 1 aliphatic rings. The molecule has 0 bridgehead atoms. The largest absolute Gasteiger partial charge is 0.496 e. The number of likely N-dealkylation sites (tertiary alicyclic amines) is 1. The Balaban J connectivity index is 1.77. The normalized spacial score (nSPS) is 14.6. The van der Waals surface area contributed by atoms with Gasteiger partial charge in [-0.2, -0.15) is 0 Å². The van der Waals surface area contributed by atoms with E-state index >= 15 is 0 Å². The number of hydrogen-bond donors (Lipinski definition) is 0. The van der Waals surface area contributed by atoms with Crippen molar-refractivity contribution in [2.75, 3.05) is 20.2 Å². The summed E-state index contributed by atoms with van der Waals surface area (Å²) in [7, 11) is 1.62. The third-order valence-electron chi connectivity index (χ3n) is 4.64. The zero-order chi connectivity index (χ0) is 18.4. The summed E-state index contributed by atoms with van der Waals surface area (Å²) < 4.78 is 11.3. The molecule has 0 atom stereocenters. The van der Waals surface area contributed by atoms with Gasteiger partial charge in [0.2, 0.25) is 0 Å². The average Bonchev–Trinajstić information content (AvgIpc) is 2.96. The van der Waals surface area contributed by atoms with E-state index in [-0.39, 0.29) is 12.5 Å². The van der Waals surface area contributed by atoms with Crippen LogP contribution >= 0.6 is 11.6 Å². The lowest BCUT2D eigenvalue weighted by atomic mass is 10.1. The predicted molar refractivity (Wildman–Crippen MR) is 103 cm³/mol. The van der Waals surface area contributed by atoms with Gasteiger partial charge < -0.3 is 14.4 Å². The molecule has 0 aliphatic carbocycles. The van der Waals surface area contributed by atoms with Crippen LogP contribution in [0.2, 0.25) is 5.02 Å². The van der Waals surface area contributed by atoms with E-state index in [9.17, 15) is 4.79 Å². The molecule has 4 nitrogen and oxygen atoms in total. The van der Waals surface area contributed by atoms with Crippen molar-refractivity contribution in [3.8, 4) is 11.5 Å². The van der Waals surface area contributed by atoms with Gasteiger partial charge in [0.05, 0.1) is 12.1 Å². The van der Waals surface area contributed by atoms with Crippen LogP contribution < -0.4 is 9.47 Å². The maximum Gasteiger partial charge on any atom is 0.253 e. The van der Waals surface area contributed by atoms with Gasteiger partial charge in [-0.25, -0.2) is 0 Å². The Kier molecular flexibility index (Phi) is 6.40. The van der Waals surface area contributed by atoms with E-state index < -0.39 is 0 Å². The minimum atomic E-state index is 0.0774. The molecule has 0 unspecified atom stereocenters. The van der Waals surface area contributed by atoms with Gasteiger partial charge in [-0.1, -0.05) is 36.6 Å². The molecule has 3 rings (SSSR count). The first kappa shape index (κ1) is 18.6. The summed E-state index contributed by atoms with van der Waals surface area (Å²) >= 11 is 6.15. The SMILES string of the molecule is COc1ccc(C(=O)N2CCCCCC2)cc1COc1ccccc1Cl. The van der Waals surface area contributed by atoms with Crippen molar-refractivity contribution in [3.63, 3.8) is 0 Å². The molecule has 0 aromatic heterocycles. The fraction of sp³-hybridized carbons (Fsp3) is 0.381. The summed E-state index contributed by atoms with van der Waals surface area (Å²) in [6.45, 7) is 1.95. The Bertz CT molecular complexity index is 755. The number of amides is 1. The number of benzene rings is 2. The fourth-order valence-electron chi connectivity index (χ4n) is 3.20. The summed E-state index contributed by atoms with van der Waals surface area (Å²) in [5.41, 5.74) is 1.50. The topological polar surface area (TPSA) is 38.8 Å². The molecule has 0 radical (unpaired) electrons. The van der Waals surface area contributed by atoms with Crippen LogP contribution in [0.1, 0.15) is 41.6 Å². The van der Waals surface area contributed by atoms with Crippen molar-refractivity contribution in [2.24, 2.45) is 0 Å². The lowest BCUT2D eigenvalue weighted by molar-refractivity contribution is 0.0761. The molecule has 5 heteroatoms. The first-order valence-electron chi connectivity index (χ1n) is 9.02. The third kappa shape index (κ3) is 4.50. The minimum Gasteiger partial charge on any atom is -0.496 e. The highest BCUT2D eigenvalue weighted by Gasteiger charge is 2.19. The van der Waals surface area contributed by atoms with Crippen LogP contribution in [0, 0.1) is 0 Å². The summed E-state index contributed by atoms with van der Waals surface area (Å²) in [5, 5.41) is 0.559. The first-order chi connectivity index (χ1) is 12.7. The molecule has 2 aromatic carbocycles. The molecule has 1 aliphatic heterocycles. The predicted octanol–water partition coefficient (Wildman–Crippen LogP) is 4.94. The number of ether oxygens (including phenoxy) is 2. The van der Waals surface area contributed by atoms with Gasteiger partial charge in [0.15, 0.2) is 0 Å². The average molecular weight is 374 g/mol. The van der Waals surface area contributed by atoms with Gasteiger partial charge in [-0.05, 0) is 43.2 Å². The minimum absolute atomic E-state index is 0.0774. The molecule has 1 saturated heterocycles. The summed E-state index contributed by atoms with van der Waals surface area (Å²) in [6.07, 6.45) is 4.54. The van der Waals surface area contributed by atoms with Crippen LogP contribution in [0.5, 0.6) is 11.5 Å². The van der Waals surface area contributed by atoms with Gasteiger partial charge >= 0.3 is 0 Å². The second-order valence-electron chi connectivity index (χ2n) is 6.45. The molecule has 0 N–H and O–H groups in total. The van der Waals surface area contributed by atoms with Gasteiger partial charge in [-0.3, -0.25) is 4.79 Å². The van der Waals surface area contributed by atoms with Crippen molar-refractivity contribution in [1.82, 2.24) is 4.90 Å². The van der Waals surface area contributed by atoms with Crippen molar-refractivity contribution in [2.45, 2.75) is 32.3 Å². The van der Waals surface area contributed by atoms with Gasteiger partial charge in [0.1, 0.15) is 18.1 Å². The molecular formula is C21H24ClNO3. The van der Waals surface area contributed by atoms with Crippen LogP contribution in [0.3, 0.4) is 0 Å². The Hall–Kier alpha value is -2.20. The highest BCUT2D eigenvalue weighted by Crippen LogP contribution is 2.27. The monoisotopic (exact) mass is 373 g/mol. The van der Waals surface area contributed by atoms with E-state index in [0.717, 1.165) is 31.5 Å². The van der Waals surface area contributed by atoms with Crippen LogP contribution in [-0.2, 0) is 6.61 Å². The zero-order valence-electron chi connectivity index (χ0n) is 15.0. The van der Waals surface area contributed by atoms with Crippen LogP contribution in [0.25, 0.3) is 0 Å². The Morgan fingerprint density at radius 1 is 1.04 bits per heavy atom. The second-order valence-corrected chi connectivity index (χ2v) is 6.86. The van der Waals surface area contributed by atoms with Gasteiger partial charge in [0, 0.05) is 24.2 Å². The van der Waals surface area contributed by atoms with E-state index in [1.807, 2.05) is 41.3 Å². The quantitative estimate of drug-likeness (QED) is 0.744. The van der Waals surface area contributed by atoms with Crippen LogP contribution in [0.4, 0.5) is 0 Å². The zero-order valence-corrected chi connectivity index (χ0v) is 15.8. The Morgan fingerprint density at radius 3 is 2.46 bits per heavy atom. The van der Waals surface area contributed by atoms with E-state index in [0.29, 0.717) is 22.1 Å². The summed E-state index contributed by atoms with van der Waals surface area (Å²) in [4.78, 5) is 14.8. The maximum atomic E-state index is 12.9. The number of carbonyl (C=O) groups is 1. The number of halogens is 1. The van der Waals surface area contributed by atoms with E-state index in [1.165, 1.54) is 12.8 Å². The molecule has 1 fully saturated rings. The Labute approximate surface area is 159 Å². The van der Waals surface area contributed by atoms with Crippen LogP contribution in [0.15, 0.2) is 42.5 Å². The molecular weight excluding hydrogens is 350 g/mol. The molecule has 138 valence electrons. The summed E-state index contributed by atoms with van der Waals surface area (Å²) in [5.74, 6) is 1.39. The fourth-order valence-corrected chi connectivity index (χ4v) is 3.39. The molecule has 1 heterocycles. The van der Waals surface area contributed by atoms with Gasteiger partial charge in [-0.15, -0.1) is 0 Å². The second kappa shape index (κ2) is 8.95. The summed E-state index contributed by atoms with van der Waals surface area (Å²) in [6, 6.07) is 12.9. The lowest BCUT2D eigenvalue weighted by Crippen LogP contribution is -2.31. The molecule has 0 spiro atoms. The van der Waals surface area contributed by atoms with Crippen LogP contribution in [-0.4, -0.2) is 31.0 Å². The maximum absolute atomic E-state index is 12.9. The third-order valence-corrected chi connectivity index (χ3v) is 4.95. The molecule has 1 amide bonds.